The summed E-state index contributed by atoms with van der Waals surface area (Å²) >= 11 is 0. The zero-order valence-electron chi connectivity index (χ0n) is 17.0. The van der Waals surface area contributed by atoms with Gasteiger partial charge in [-0.1, -0.05) is 5.57 Å². The quantitative estimate of drug-likeness (QED) is 0.447. The van der Waals surface area contributed by atoms with Crippen LogP contribution in [0.25, 0.3) is 17.0 Å². The van der Waals surface area contributed by atoms with Gasteiger partial charge in [-0.2, -0.15) is 0 Å². The highest BCUT2D eigenvalue weighted by molar-refractivity contribution is 6.15. The van der Waals surface area contributed by atoms with E-state index < -0.39 is 0 Å². The molecule has 0 aliphatic carbocycles. The standard InChI is InChI=1S/C24H23NO4/c1-15(2)9-10-28-18-5-7-19-22(13-18)29-23(24(19)26)11-16-14-25(3)21-8-6-17(27-4)12-20(16)21/h5-9,11-14H,10H2,1-4H3. The molecule has 5 nitrogen and oxygen atoms in total. The number of fused-ring (bicyclic) bond motifs is 2. The van der Waals surface area contributed by atoms with Crippen LogP contribution in [0.4, 0.5) is 0 Å². The highest BCUT2D eigenvalue weighted by Crippen LogP contribution is 2.36. The summed E-state index contributed by atoms with van der Waals surface area (Å²) in [4.78, 5) is 12.8. The van der Waals surface area contributed by atoms with E-state index >= 15 is 0 Å². The maximum atomic E-state index is 12.8. The van der Waals surface area contributed by atoms with Crippen molar-refractivity contribution in [1.82, 2.24) is 4.57 Å². The number of hydrogen-bond acceptors (Lipinski definition) is 4. The molecule has 29 heavy (non-hydrogen) atoms. The number of Topliss-reactive ketones (excluding diaryl/α,β-unsaturated/α-hetero) is 1. The van der Waals surface area contributed by atoms with Crippen LogP contribution in [-0.2, 0) is 7.05 Å². The number of carbonyl (C=O) groups excluding carboxylic acids is 1. The van der Waals surface area contributed by atoms with Gasteiger partial charge < -0.3 is 18.8 Å². The number of allylic oxidation sites excluding steroid dienone is 2. The molecule has 3 aromatic rings. The monoisotopic (exact) mass is 389 g/mol. The van der Waals surface area contributed by atoms with Crippen molar-refractivity contribution in [2.75, 3.05) is 13.7 Å². The second-order valence-electron chi connectivity index (χ2n) is 7.27. The van der Waals surface area contributed by atoms with Crippen LogP contribution < -0.4 is 14.2 Å². The van der Waals surface area contributed by atoms with Crippen LogP contribution in [0.15, 0.2) is 60.0 Å². The van der Waals surface area contributed by atoms with Crippen molar-refractivity contribution in [2.45, 2.75) is 13.8 Å². The van der Waals surface area contributed by atoms with Gasteiger partial charge in [-0.05, 0) is 56.3 Å². The number of methoxy groups -OCH3 is 1. The average Bonchev–Trinajstić information content (AvgIpc) is 3.18. The SMILES string of the molecule is COc1ccc2c(c1)c(C=C1Oc3cc(OCC=C(C)C)ccc3C1=O)cn2C. The van der Waals surface area contributed by atoms with E-state index in [1.54, 1.807) is 31.4 Å². The number of nitrogens with zero attached hydrogens (tertiary/aromatic N) is 1. The van der Waals surface area contributed by atoms with Gasteiger partial charge in [-0.15, -0.1) is 0 Å². The molecule has 0 spiro atoms. The lowest BCUT2D eigenvalue weighted by Crippen LogP contribution is -1.97. The second-order valence-corrected chi connectivity index (χ2v) is 7.27. The molecule has 2 heterocycles. The Labute approximate surface area is 169 Å². The zero-order valence-corrected chi connectivity index (χ0v) is 17.0. The lowest BCUT2D eigenvalue weighted by atomic mass is 10.1. The van der Waals surface area contributed by atoms with Crippen LogP contribution in [0.3, 0.4) is 0 Å². The fraction of sp³-hybridized carbons (Fsp3) is 0.208. The Morgan fingerprint density at radius 1 is 1.14 bits per heavy atom. The molecule has 0 saturated heterocycles. The van der Waals surface area contributed by atoms with Gasteiger partial charge in [0.15, 0.2) is 5.76 Å². The van der Waals surface area contributed by atoms with Gasteiger partial charge in [0.25, 0.3) is 0 Å². The first kappa shape index (κ1) is 18.9. The van der Waals surface area contributed by atoms with E-state index in [0.717, 1.165) is 22.2 Å². The van der Waals surface area contributed by atoms with Crippen LogP contribution in [-0.4, -0.2) is 24.1 Å². The molecule has 0 bridgehead atoms. The molecule has 1 aliphatic heterocycles. The first-order chi connectivity index (χ1) is 14.0. The van der Waals surface area contributed by atoms with Gasteiger partial charge >= 0.3 is 0 Å². The summed E-state index contributed by atoms with van der Waals surface area (Å²) < 4.78 is 19.0. The van der Waals surface area contributed by atoms with Gasteiger partial charge in [0.1, 0.15) is 23.9 Å². The molecule has 0 N–H and O–H groups in total. The molecule has 0 fully saturated rings. The predicted octanol–water partition coefficient (Wildman–Crippen LogP) is 5.15. The molecule has 1 aliphatic rings. The third-order valence-corrected chi connectivity index (χ3v) is 4.90. The highest BCUT2D eigenvalue weighted by atomic mass is 16.5. The number of ketones is 1. The molecular weight excluding hydrogens is 366 g/mol. The maximum Gasteiger partial charge on any atom is 0.231 e. The van der Waals surface area contributed by atoms with Gasteiger partial charge in [0.05, 0.1) is 12.7 Å². The van der Waals surface area contributed by atoms with Crippen molar-refractivity contribution < 1.29 is 19.0 Å². The second kappa shape index (κ2) is 7.51. The first-order valence-corrected chi connectivity index (χ1v) is 9.44. The number of benzene rings is 2. The van der Waals surface area contributed by atoms with E-state index in [-0.39, 0.29) is 5.78 Å². The number of aryl methyl sites for hydroxylation is 1. The number of aromatic nitrogens is 1. The molecular formula is C24H23NO4. The third-order valence-electron chi connectivity index (χ3n) is 4.90. The van der Waals surface area contributed by atoms with Crippen LogP contribution in [0.1, 0.15) is 29.8 Å². The van der Waals surface area contributed by atoms with Crippen LogP contribution in [0.5, 0.6) is 17.2 Å². The van der Waals surface area contributed by atoms with Crippen LogP contribution >= 0.6 is 0 Å². The third kappa shape index (κ3) is 3.63. The Morgan fingerprint density at radius 2 is 1.93 bits per heavy atom. The molecule has 0 saturated carbocycles. The van der Waals surface area contributed by atoms with Gasteiger partial charge in [0, 0.05) is 35.8 Å². The molecule has 0 radical (unpaired) electrons. The molecule has 5 heteroatoms. The molecule has 148 valence electrons. The van der Waals surface area contributed by atoms with E-state index in [1.165, 1.54) is 5.57 Å². The number of hydrogen-bond donors (Lipinski definition) is 0. The maximum absolute atomic E-state index is 12.8. The number of carbonyl (C=O) groups is 1. The van der Waals surface area contributed by atoms with E-state index in [4.69, 9.17) is 14.2 Å². The Bertz CT molecular complexity index is 1160. The van der Waals surface area contributed by atoms with Gasteiger partial charge in [-0.3, -0.25) is 4.79 Å². The minimum atomic E-state index is -0.129. The predicted molar refractivity (Wildman–Crippen MR) is 114 cm³/mol. The summed E-state index contributed by atoms with van der Waals surface area (Å²) in [7, 11) is 3.61. The fourth-order valence-electron chi connectivity index (χ4n) is 3.35. The largest absolute Gasteiger partial charge is 0.497 e. The molecule has 0 unspecified atom stereocenters. The summed E-state index contributed by atoms with van der Waals surface area (Å²) in [6.45, 7) is 4.52. The molecule has 1 aromatic heterocycles. The molecule has 2 aromatic carbocycles. The van der Waals surface area contributed by atoms with Gasteiger partial charge in [0.2, 0.25) is 5.78 Å². The van der Waals surface area contributed by atoms with E-state index in [2.05, 4.69) is 0 Å². The zero-order chi connectivity index (χ0) is 20.5. The topological polar surface area (TPSA) is 49.7 Å². The van der Waals surface area contributed by atoms with Crippen molar-refractivity contribution in [3.63, 3.8) is 0 Å². The minimum absolute atomic E-state index is 0.129. The normalized spacial score (nSPS) is 14.1. The van der Waals surface area contributed by atoms with Gasteiger partial charge in [-0.25, -0.2) is 0 Å². The Balaban J connectivity index is 1.64. The van der Waals surface area contributed by atoms with Crippen LogP contribution in [0, 0.1) is 0 Å². The van der Waals surface area contributed by atoms with Crippen molar-refractivity contribution in [3.05, 3.63) is 71.1 Å². The summed E-state index contributed by atoms with van der Waals surface area (Å²) in [5.41, 5.74) is 3.69. The van der Waals surface area contributed by atoms with E-state index in [0.29, 0.717) is 29.4 Å². The first-order valence-electron chi connectivity index (χ1n) is 9.44. The summed E-state index contributed by atoms with van der Waals surface area (Å²) in [5, 5.41) is 0.998. The molecule has 0 amide bonds. The smallest absolute Gasteiger partial charge is 0.231 e. The Kier molecular flexibility index (Phi) is 4.89. The summed E-state index contributed by atoms with van der Waals surface area (Å²) in [6, 6.07) is 11.2. The van der Waals surface area contributed by atoms with Crippen molar-refractivity contribution in [1.29, 1.82) is 0 Å². The van der Waals surface area contributed by atoms with Crippen LogP contribution in [0.2, 0.25) is 0 Å². The Morgan fingerprint density at radius 3 is 2.69 bits per heavy atom. The molecule has 0 atom stereocenters. The molecule has 4 rings (SSSR count). The number of rotatable bonds is 5. The van der Waals surface area contributed by atoms with Crippen molar-refractivity contribution >= 4 is 22.8 Å². The average molecular weight is 389 g/mol. The van der Waals surface area contributed by atoms with E-state index in [9.17, 15) is 4.79 Å². The lowest BCUT2D eigenvalue weighted by Gasteiger charge is -2.05. The number of ether oxygens (including phenoxy) is 3. The van der Waals surface area contributed by atoms with E-state index in [1.807, 2.05) is 55.9 Å². The fourth-order valence-corrected chi connectivity index (χ4v) is 3.35. The Hall–Kier alpha value is -3.47. The highest BCUT2D eigenvalue weighted by Gasteiger charge is 2.28. The summed E-state index contributed by atoms with van der Waals surface area (Å²) in [6.07, 6.45) is 5.76. The minimum Gasteiger partial charge on any atom is -0.497 e. The van der Waals surface area contributed by atoms with Crippen molar-refractivity contribution in [2.24, 2.45) is 7.05 Å². The van der Waals surface area contributed by atoms with Crippen molar-refractivity contribution in [3.8, 4) is 17.2 Å². The summed E-state index contributed by atoms with van der Waals surface area (Å²) in [5.74, 6) is 2.13. The lowest BCUT2D eigenvalue weighted by molar-refractivity contribution is 0.101.